The molecule has 18 heavy (non-hydrogen) atoms. The van der Waals surface area contributed by atoms with Crippen LogP contribution in [0.3, 0.4) is 0 Å². The summed E-state index contributed by atoms with van der Waals surface area (Å²) in [7, 11) is 0. The van der Waals surface area contributed by atoms with Crippen LogP contribution in [-0.2, 0) is 9.59 Å². The number of benzene rings is 1. The molecule has 2 rings (SSSR count). The van der Waals surface area contributed by atoms with E-state index >= 15 is 0 Å². The lowest BCUT2D eigenvalue weighted by molar-refractivity contribution is -0.138. The second-order valence-electron chi connectivity index (χ2n) is 4.30. The van der Waals surface area contributed by atoms with E-state index in [0.29, 0.717) is 0 Å². The average molecular weight is 248 g/mol. The van der Waals surface area contributed by atoms with Crippen LogP contribution in [0.15, 0.2) is 30.3 Å². The maximum absolute atomic E-state index is 11.9. The van der Waals surface area contributed by atoms with E-state index in [9.17, 15) is 9.59 Å². The first kappa shape index (κ1) is 12.4. The summed E-state index contributed by atoms with van der Waals surface area (Å²) in [5.41, 5.74) is 1.01. The molecule has 0 unspecified atom stereocenters. The Bertz CT molecular complexity index is 433. The molecule has 0 bridgehead atoms. The molecule has 5 nitrogen and oxygen atoms in total. The maximum Gasteiger partial charge on any atom is 0.322 e. The molecule has 0 aliphatic carbocycles. The van der Waals surface area contributed by atoms with Crippen molar-refractivity contribution in [2.75, 3.05) is 18.0 Å². The van der Waals surface area contributed by atoms with Crippen molar-refractivity contribution in [3.05, 3.63) is 30.3 Å². The zero-order chi connectivity index (χ0) is 13.0. The number of amides is 1. The van der Waals surface area contributed by atoms with Crippen molar-refractivity contribution in [3.63, 3.8) is 0 Å². The highest BCUT2D eigenvalue weighted by Gasteiger charge is 2.30. The first-order valence-electron chi connectivity index (χ1n) is 5.99. The molecular formula is C13H16N2O3. The molecule has 5 heteroatoms. The molecule has 1 aliphatic heterocycles. The van der Waals surface area contributed by atoms with Crippen LogP contribution in [0.5, 0.6) is 0 Å². The van der Waals surface area contributed by atoms with Crippen LogP contribution < -0.4 is 10.2 Å². The van der Waals surface area contributed by atoms with Crippen LogP contribution in [-0.4, -0.2) is 36.1 Å². The lowest BCUT2D eigenvalue weighted by Crippen LogP contribution is -2.44. The fourth-order valence-electron chi connectivity index (χ4n) is 2.25. The third kappa shape index (κ3) is 2.80. The van der Waals surface area contributed by atoms with E-state index in [2.05, 4.69) is 5.32 Å². The summed E-state index contributed by atoms with van der Waals surface area (Å²) in [6.07, 6.45) is 1.71. The predicted octanol–water partition coefficient (Wildman–Crippen LogP) is 0.856. The van der Waals surface area contributed by atoms with Gasteiger partial charge >= 0.3 is 5.97 Å². The Hall–Kier alpha value is -2.04. The number of aliphatic carboxylic acids is 1. The van der Waals surface area contributed by atoms with Crippen molar-refractivity contribution in [1.82, 2.24) is 5.32 Å². The van der Waals surface area contributed by atoms with E-state index in [1.807, 2.05) is 35.2 Å². The fourth-order valence-corrected chi connectivity index (χ4v) is 2.25. The number of carboxylic acids is 1. The summed E-state index contributed by atoms with van der Waals surface area (Å²) in [6.45, 7) is 0.507. The van der Waals surface area contributed by atoms with Crippen LogP contribution in [0, 0.1) is 0 Å². The van der Waals surface area contributed by atoms with Crippen molar-refractivity contribution >= 4 is 17.6 Å². The van der Waals surface area contributed by atoms with Gasteiger partial charge in [0.15, 0.2) is 0 Å². The molecule has 0 radical (unpaired) electrons. The Morgan fingerprint density at radius 1 is 1.33 bits per heavy atom. The number of hydrogen-bond donors (Lipinski definition) is 2. The molecule has 0 aromatic heterocycles. The van der Waals surface area contributed by atoms with E-state index in [4.69, 9.17) is 5.11 Å². The molecule has 0 saturated carbocycles. The second kappa shape index (κ2) is 5.53. The van der Waals surface area contributed by atoms with Crippen molar-refractivity contribution in [2.45, 2.75) is 18.9 Å². The van der Waals surface area contributed by atoms with Gasteiger partial charge in [0.05, 0.1) is 0 Å². The molecule has 0 spiro atoms. The molecule has 1 saturated heterocycles. The number of rotatable bonds is 4. The highest BCUT2D eigenvalue weighted by molar-refractivity contribution is 5.88. The van der Waals surface area contributed by atoms with Crippen LogP contribution >= 0.6 is 0 Å². The maximum atomic E-state index is 11.9. The number of hydrogen-bond acceptors (Lipinski definition) is 3. The van der Waals surface area contributed by atoms with Gasteiger partial charge in [-0.05, 0) is 25.0 Å². The smallest absolute Gasteiger partial charge is 0.322 e. The highest BCUT2D eigenvalue weighted by atomic mass is 16.4. The number of nitrogens with one attached hydrogen (secondary N) is 1. The minimum atomic E-state index is -1.02. The number of anilines is 1. The molecule has 1 atom stereocenters. The number of carbonyl (C=O) groups is 2. The lowest BCUT2D eigenvalue weighted by Gasteiger charge is -2.25. The normalized spacial score (nSPS) is 18.7. The topological polar surface area (TPSA) is 69.6 Å². The van der Waals surface area contributed by atoms with E-state index in [1.165, 1.54) is 0 Å². The van der Waals surface area contributed by atoms with E-state index in [1.54, 1.807) is 0 Å². The van der Waals surface area contributed by atoms with Gasteiger partial charge in [-0.15, -0.1) is 0 Å². The Morgan fingerprint density at radius 2 is 2.06 bits per heavy atom. The molecule has 1 amide bonds. The first-order valence-corrected chi connectivity index (χ1v) is 5.99. The largest absolute Gasteiger partial charge is 0.480 e. The zero-order valence-corrected chi connectivity index (χ0v) is 10.0. The van der Waals surface area contributed by atoms with Gasteiger partial charge in [0.1, 0.15) is 12.6 Å². The third-order valence-corrected chi connectivity index (χ3v) is 3.06. The summed E-state index contributed by atoms with van der Waals surface area (Å²) >= 11 is 0. The lowest BCUT2D eigenvalue weighted by atomic mass is 10.2. The summed E-state index contributed by atoms with van der Waals surface area (Å²) < 4.78 is 0. The predicted molar refractivity (Wildman–Crippen MR) is 67.5 cm³/mol. The summed E-state index contributed by atoms with van der Waals surface area (Å²) in [6, 6.07) is 9.46. The SMILES string of the molecule is O=C(O)CNC(=O)[C@@H]1CCCN1c1ccccc1. The van der Waals surface area contributed by atoms with Gasteiger partial charge in [-0.2, -0.15) is 0 Å². The van der Waals surface area contributed by atoms with Crippen molar-refractivity contribution < 1.29 is 14.7 Å². The summed E-state index contributed by atoms with van der Waals surface area (Å²) in [4.78, 5) is 24.4. The second-order valence-corrected chi connectivity index (χ2v) is 4.30. The Labute approximate surface area is 105 Å². The number of carboxylic acid groups (broad SMARTS) is 1. The van der Waals surface area contributed by atoms with Gasteiger partial charge in [-0.3, -0.25) is 9.59 Å². The van der Waals surface area contributed by atoms with Gasteiger partial charge in [0, 0.05) is 12.2 Å². The first-order chi connectivity index (χ1) is 8.68. The van der Waals surface area contributed by atoms with Gasteiger partial charge in [-0.1, -0.05) is 18.2 Å². The molecule has 96 valence electrons. The van der Waals surface area contributed by atoms with Crippen LogP contribution in [0.4, 0.5) is 5.69 Å². The molecule has 1 aliphatic rings. The summed E-state index contributed by atoms with van der Waals surface area (Å²) in [5, 5.41) is 11.0. The van der Waals surface area contributed by atoms with Crippen LogP contribution in [0.25, 0.3) is 0 Å². The van der Waals surface area contributed by atoms with E-state index in [0.717, 1.165) is 25.1 Å². The fraction of sp³-hybridized carbons (Fsp3) is 0.385. The molecular weight excluding hydrogens is 232 g/mol. The average Bonchev–Trinajstić information content (AvgIpc) is 2.86. The minimum Gasteiger partial charge on any atom is -0.480 e. The molecule has 1 aromatic carbocycles. The van der Waals surface area contributed by atoms with Crippen LogP contribution in [0.1, 0.15) is 12.8 Å². The molecule has 2 N–H and O–H groups in total. The van der Waals surface area contributed by atoms with Gasteiger partial charge in [0.25, 0.3) is 0 Å². The Morgan fingerprint density at radius 3 is 2.72 bits per heavy atom. The standard InChI is InChI=1S/C13H16N2O3/c16-12(17)9-14-13(18)11-7-4-8-15(11)10-5-2-1-3-6-10/h1-3,5-6,11H,4,7-9H2,(H,14,18)(H,16,17)/t11-/m0/s1. The van der Waals surface area contributed by atoms with Crippen molar-refractivity contribution in [2.24, 2.45) is 0 Å². The summed E-state index contributed by atoms with van der Waals surface area (Å²) in [5.74, 6) is -1.23. The Kier molecular flexibility index (Phi) is 3.82. The quantitative estimate of drug-likeness (QED) is 0.829. The molecule has 1 aromatic rings. The van der Waals surface area contributed by atoms with Gasteiger partial charge < -0.3 is 15.3 Å². The van der Waals surface area contributed by atoms with Crippen LogP contribution in [0.2, 0.25) is 0 Å². The number of carbonyl (C=O) groups excluding carboxylic acids is 1. The number of nitrogens with zero attached hydrogens (tertiary/aromatic N) is 1. The Balaban J connectivity index is 2.03. The number of para-hydroxylation sites is 1. The van der Waals surface area contributed by atoms with E-state index < -0.39 is 5.97 Å². The monoisotopic (exact) mass is 248 g/mol. The van der Waals surface area contributed by atoms with Crippen molar-refractivity contribution in [1.29, 1.82) is 0 Å². The van der Waals surface area contributed by atoms with Gasteiger partial charge in [-0.25, -0.2) is 0 Å². The molecule has 1 heterocycles. The van der Waals surface area contributed by atoms with Gasteiger partial charge in [0.2, 0.25) is 5.91 Å². The van der Waals surface area contributed by atoms with Crippen molar-refractivity contribution in [3.8, 4) is 0 Å². The molecule has 1 fully saturated rings. The third-order valence-electron chi connectivity index (χ3n) is 3.06. The minimum absolute atomic E-state index is 0.209. The zero-order valence-electron chi connectivity index (χ0n) is 10.0. The highest BCUT2D eigenvalue weighted by Crippen LogP contribution is 2.25. The van der Waals surface area contributed by atoms with E-state index in [-0.39, 0.29) is 18.5 Å².